The molecule has 4 heteroatoms. The summed E-state index contributed by atoms with van der Waals surface area (Å²) in [6.07, 6.45) is 0.888. The summed E-state index contributed by atoms with van der Waals surface area (Å²) in [4.78, 5) is 0. The van der Waals surface area contributed by atoms with Crippen LogP contribution in [0.1, 0.15) is 13.3 Å². The van der Waals surface area contributed by atoms with Crippen LogP contribution in [0.15, 0.2) is 40.9 Å². The van der Waals surface area contributed by atoms with Crippen molar-refractivity contribution in [3.05, 3.63) is 40.9 Å². The second kappa shape index (κ2) is 7.62. The lowest BCUT2D eigenvalue weighted by molar-refractivity contribution is 0.0527. The Bertz CT molecular complexity index is 559. The molecule has 0 saturated carbocycles. The van der Waals surface area contributed by atoms with Crippen LogP contribution in [0.4, 0.5) is 0 Å². The topological polar surface area (TPSA) is 44.5 Å². The SMILES string of the molecule is CCOC(CN)CCOc1ccc2cc(Br)ccc2c1. The van der Waals surface area contributed by atoms with Crippen molar-refractivity contribution in [1.82, 2.24) is 0 Å². The molecule has 0 aromatic heterocycles. The van der Waals surface area contributed by atoms with Crippen molar-refractivity contribution in [2.75, 3.05) is 19.8 Å². The van der Waals surface area contributed by atoms with Gasteiger partial charge in [-0.2, -0.15) is 0 Å². The Hall–Kier alpha value is -1.10. The molecule has 0 aliphatic rings. The van der Waals surface area contributed by atoms with E-state index < -0.39 is 0 Å². The summed E-state index contributed by atoms with van der Waals surface area (Å²) in [6, 6.07) is 12.3. The summed E-state index contributed by atoms with van der Waals surface area (Å²) < 4.78 is 12.4. The zero-order chi connectivity index (χ0) is 14.4. The molecule has 0 radical (unpaired) electrons. The first kappa shape index (κ1) is 15.3. The van der Waals surface area contributed by atoms with Gasteiger partial charge >= 0.3 is 0 Å². The third-order valence-electron chi connectivity index (χ3n) is 3.15. The number of fused-ring (bicyclic) bond motifs is 1. The van der Waals surface area contributed by atoms with Crippen molar-refractivity contribution in [2.24, 2.45) is 5.73 Å². The van der Waals surface area contributed by atoms with E-state index in [0.717, 1.165) is 16.6 Å². The van der Waals surface area contributed by atoms with Gasteiger partial charge in [0.2, 0.25) is 0 Å². The van der Waals surface area contributed by atoms with Crippen molar-refractivity contribution < 1.29 is 9.47 Å². The second-order valence-electron chi connectivity index (χ2n) is 4.60. The number of hydrogen-bond donors (Lipinski definition) is 1. The van der Waals surface area contributed by atoms with Gasteiger partial charge in [0.25, 0.3) is 0 Å². The van der Waals surface area contributed by atoms with Crippen molar-refractivity contribution >= 4 is 26.7 Å². The summed E-state index contributed by atoms with van der Waals surface area (Å²) >= 11 is 3.47. The van der Waals surface area contributed by atoms with E-state index in [2.05, 4.69) is 40.2 Å². The molecule has 0 fully saturated rings. The van der Waals surface area contributed by atoms with E-state index >= 15 is 0 Å². The lowest BCUT2D eigenvalue weighted by Crippen LogP contribution is -2.25. The Morgan fingerprint density at radius 3 is 2.65 bits per heavy atom. The molecule has 1 atom stereocenters. The first-order valence-corrected chi connectivity index (χ1v) is 7.66. The zero-order valence-corrected chi connectivity index (χ0v) is 13.2. The molecule has 0 aliphatic heterocycles. The maximum absolute atomic E-state index is 5.78. The Kier molecular flexibility index (Phi) is 5.83. The van der Waals surface area contributed by atoms with E-state index in [1.807, 2.05) is 19.1 Å². The average molecular weight is 338 g/mol. The number of nitrogens with two attached hydrogens (primary N) is 1. The van der Waals surface area contributed by atoms with Gasteiger partial charge in [0.05, 0.1) is 12.7 Å². The van der Waals surface area contributed by atoms with Gasteiger partial charge in [-0.05, 0) is 42.0 Å². The minimum atomic E-state index is 0.0800. The molecule has 108 valence electrons. The maximum atomic E-state index is 5.78. The number of halogens is 1. The smallest absolute Gasteiger partial charge is 0.119 e. The molecule has 0 saturated heterocycles. The molecule has 0 heterocycles. The highest BCUT2D eigenvalue weighted by Crippen LogP contribution is 2.24. The molecule has 2 N–H and O–H groups in total. The number of rotatable bonds is 7. The predicted molar refractivity (Wildman–Crippen MR) is 86.2 cm³/mol. The van der Waals surface area contributed by atoms with E-state index in [9.17, 15) is 0 Å². The van der Waals surface area contributed by atoms with Crippen LogP contribution >= 0.6 is 15.9 Å². The van der Waals surface area contributed by atoms with Crippen LogP contribution in [0, 0.1) is 0 Å². The van der Waals surface area contributed by atoms with Crippen molar-refractivity contribution in [3.8, 4) is 5.75 Å². The van der Waals surface area contributed by atoms with Crippen LogP contribution in [0.25, 0.3) is 10.8 Å². The Balaban J connectivity index is 1.95. The van der Waals surface area contributed by atoms with Gasteiger partial charge in [0.15, 0.2) is 0 Å². The van der Waals surface area contributed by atoms with Gasteiger partial charge in [0.1, 0.15) is 5.75 Å². The Morgan fingerprint density at radius 2 is 1.90 bits per heavy atom. The highest BCUT2D eigenvalue weighted by atomic mass is 79.9. The lowest BCUT2D eigenvalue weighted by Gasteiger charge is -2.15. The lowest BCUT2D eigenvalue weighted by atomic mass is 10.1. The van der Waals surface area contributed by atoms with Crippen LogP contribution in [0.5, 0.6) is 5.75 Å². The van der Waals surface area contributed by atoms with Gasteiger partial charge < -0.3 is 15.2 Å². The minimum Gasteiger partial charge on any atom is -0.493 e. The van der Waals surface area contributed by atoms with Gasteiger partial charge in [0, 0.05) is 24.0 Å². The van der Waals surface area contributed by atoms with Gasteiger partial charge in [-0.25, -0.2) is 0 Å². The maximum Gasteiger partial charge on any atom is 0.119 e. The molecule has 2 aromatic carbocycles. The Morgan fingerprint density at radius 1 is 1.15 bits per heavy atom. The fraction of sp³-hybridized carbons (Fsp3) is 0.375. The summed E-state index contributed by atoms with van der Waals surface area (Å²) in [7, 11) is 0. The van der Waals surface area contributed by atoms with Crippen LogP contribution in [0.2, 0.25) is 0 Å². The molecule has 1 unspecified atom stereocenters. The first-order valence-electron chi connectivity index (χ1n) is 6.86. The largest absolute Gasteiger partial charge is 0.493 e. The predicted octanol–water partition coefficient (Wildman–Crippen LogP) is 3.74. The van der Waals surface area contributed by atoms with Crippen LogP contribution in [-0.2, 0) is 4.74 Å². The zero-order valence-electron chi connectivity index (χ0n) is 11.6. The van der Waals surface area contributed by atoms with E-state index in [1.165, 1.54) is 10.8 Å². The third kappa shape index (κ3) is 4.20. The molecule has 2 aromatic rings. The molecule has 3 nitrogen and oxygen atoms in total. The average Bonchev–Trinajstić information content (AvgIpc) is 2.46. The Labute approximate surface area is 128 Å². The second-order valence-corrected chi connectivity index (χ2v) is 5.52. The van der Waals surface area contributed by atoms with Crippen LogP contribution in [0.3, 0.4) is 0 Å². The van der Waals surface area contributed by atoms with E-state index in [1.54, 1.807) is 0 Å². The third-order valence-corrected chi connectivity index (χ3v) is 3.64. The highest BCUT2D eigenvalue weighted by Gasteiger charge is 2.06. The number of ether oxygens (including phenoxy) is 2. The van der Waals surface area contributed by atoms with Gasteiger partial charge in [-0.1, -0.05) is 28.1 Å². The number of benzene rings is 2. The molecule has 0 amide bonds. The fourth-order valence-corrected chi connectivity index (χ4v) is 2.48. The fourth-order valence-electron chi connectivity index (χ4n) is 2.10. The molecule has 2 rings (SSSR count). The normalized spacial score (nSPS) is 12.6. The molecular formula is C16H20BrNO2. The van der Waals surface area contributed by atoms with E-state index in [-0.39, 0.29) is 6.10 Å². The number of hydrogen-bond acceptors (Lipinski definition) is 3. The minimum absolute atomic E-state index is 0.0800. The van der Waals surface area contributed by atoms with E-state index in [0.29, 0.717) is 19.8 Å². The van der Waals surface area contributed by atoms with Crippen molar-refractivity contribution in [1.29, 1.82) is 0 Å². The monoisotopic (exact) mass is 337 g/mol. The van der Waals surface area contributed by atoms with Crippen molar-refractivity contribution in [3.63, 3.8) is 0 Å². The summed E-state index contributed by atoms with van der Waals surface area (Å²) in [5.74, 6) is 0.882. The highest BCUT2D eigenvalue weighted by molar-refractivity contribution is 9.10. The summed E-state index contributed by atoms with van der Waals surface area (Å²) in [5.41, 5.74) is 5.64. The van der Waals surface area contributed by atoms with Crippen LogP contribution < -0.4 is 10.5 Å². The summed E-state index contributed by atoms with van der Waals surface area (Å²) in [5, 5.41) is 2.37. The van der Waals surface area contributed by atoms with Gasteiger partial charge in [-0.3, -0.25) is 0 Å². The summed E-state index contributed by atoms with van der Waals surface area (Å²) in [6.45, 7) is 3.81. The van der Waals surface area contributed by atoms with Crippen LogP contribution in [-0.4, -0.2) is 25.9 Å². The molecule has 20 heavy (non-hydrogen) atoms. The first-order chi connectivity index (χ1) is 9.72. The van der Waals surface area contributed by atoms with E-state index in [4.69, 9.17) is 15.2 Å². The molecule has 0 aliphatic carbocycles. The molecule has 0 bridgehead atoms. The van der Waals surface area contributed by atoms with Gasteiger partial charge in [-0.15, -0.1) is 0 Å². The molecular weight excluding hydrogens is 318 g/mol. The standard InChI is InChI=1S/C16H20BrNO2/c1-2-19-16(11-18)7-8-20-15-6-4-12-9-14(17)5-3-13(12)10-15/h3-6,9-10,16H,2,7-8,11,18H2,1H3. The quantitative estimate of drug-likeness (QED) is 0.837. The van der Waals surface area contributed by atoms with Crippen molar-refractivity contribution in [2.45, 2.75) is 19.4 Å². The molecule has 0 spiro atoms.